The fourth-order valence-corrected chi connectivity index (χ4v) is 3.40. The number of piperazine rings is 1. The van der Waals surface area contributed by atoms with Crippen LogP contribution < -0.4 is 0 Å². The Morgan fingerprint density at radius 1 is 0.714 bits per heavy atom. The number of nitrogens with zero attached hydrogens (tertiary/aromatic N) is 2. The minimum absolute atomic E-state index is 0.0184. The van der Waals surface area contributed by atoms with Crippen molar-refractivity contribution in [2.24, 2.45) is 0 Å². The van der Waals surface area contributed by atoms with E-state index in [2.05, 4.69) is 0 Å². The van der Waals surface area contributed by atoms with Gasteiger partial charge in [0.25, 0.3) is 0 Å². The van der Waals surface area contributed by atoms with Gasteiger partial charge in [-0.05, 0) is 37.1 Å². The zero-order valence-corrected chi connectivity index (χ0v) is 16.4. The topological polar surface area (TPSA) is 40.6 Å². The molecule has 0 aliphatic carbocycles. The van der Waals surface area contributed by atoms with Gasteiger partial charge in [0.05, 0.1) is 0 Å². The Hall–Kier alpha value is -3.14. The Labute approximate surface area is 166 Å². The number of carbonyl (C=O) groups is 2. The van der Waals surface area contributed by atoms with Crippen molar-refractivity contribution in [1.29, 1.82) is 0 Å². The third-order valence-corrected chi connectivity index (χ3v) is 4.99. The normalized spacial score (nSPS) is 20.1. The minimum atomic E-state index is -0.0294. The van der Waals surface area contributed by atoms with Crippen LogP contribution in [0.25, 0.3) is 12.2 Å². The summed E-state index contributed by atoms with van der Waals surface area (Å²) in [6.07, 6.45) is 6.90. The number of benzene rings is 2. The van der Waals surface area contributed by atoms with Gasteiger partial charge in [0.15, 0.2) is 0 Å². The number of amides is 2. The maximum absolute atomic E-state index is 12.6. The Kier molecular flexibility index (Phi) is 6.43. The van der Waals surface area contributed by atoms with Gasteiger partial charge in [0.2, 0.25) is 11.8 Å². The van der Waals surface area contributed by atoms with Crippen molar-refractivity contribution in [2.75, 3.05) is 13.1 Å². The first-order valence-electron chi connectivity index (χ1n) is 9.62. The molecule has 0 spiro atoms. The molecule has 28 heavy (non-hydrogen) atoms. The number of hydrogen-bond acceptors (Lipinski definition) is 2. The molecule has 2 amide bonds. The lowest BCUT2D eigenvalue weighted by atomic mass is 10.1. The van der Waals surface area contributed by atoms with E-state index in [1.165, 1.54) is 0 Å². The van der Waals surface area contributed by atoms with Crippen LogP contribution in [-0.2, 0) is 9.59 Å². The monoisotopic (exact) mass is 374 g/mol. The largest absolute Gasteiger partial charge is 0.333 e. The molecule has 2 aromatic carbocycles. The van der Waals surface area contributed by atoms with E-state index in [-0.39, 0.29) is 23.9 Å². The Bertz CT molecular complexity index is 785. The Morgan fingerprint density at radius 3 is 1.43 bits per heavy atom. The average molecular weight is 374 g/mol. The van der Waals surface area contributed by atoms with Gasteiger partial charge in [-0.1, -0.05) is 60.7 Å². The molecule has 0 bridgehead atoms. The summed E-state index contributed by atoms with van der Waals surface area (Å²) in [5, 5.41) is 0. The van der Waals surface area contributed by atoms with Crippen LogP contribution >= 0.6 is 0 Å². The van der Waals surface area contributed by atoms with E-state index < -0.39 is 0 Å². The highest BCUT2D eigenvalue weighted by Crippen LogP contribution is 2.17. The molecule has 0 saturated carbocycles. The lowest BCUT2D eigenvalue weighted by molar-refractivity contribution is -0.139. The van der Waals surface area contributed by atoms with Crippen LogP contribution in [0.15, 0.2) is 72.8 Å². The highest BCUT2D eigenvalue weighted by atomic mass is 16.2. The van der Waals surface area contributed by atoms with Crippen molar-refractivity contribution in [3.05, 3.63) is 83.9 Å². The number of hydrogen-bond donors (Lipinski definition) is 0. The summed E-state index contributed by atoms with van der Waals surface area (Å²) in [6, 6.07) is 19.5. The van der Waals surface area contributed by atoms with Gasteiger partial charge in [-0.3, -0.25) is 9.59 Å². The molecular formula is C24H26N2O2. The molecule has 1 aliphatic rings. The van der Waals surface area contributed by atoms with Gasteiger partial charge in [-0.15, -0.1) is 0 Å². The average Bonchev–Trinajstić information content (AvgIpc) is 2.73. The van der Waals surface area contributed by atoms with Gasteiger partial charge in [-0.2, -0.15) is 0 Å². The van der Waals surface area contributed by atoms with E-state index in [1.807, 2.05) is 96.5 Å². The summed E-state index contributed by atoms with van der Waals surface area (Å²) in [5.74, 6) is -0.0368. The third kappa shape index (κ3) is 4.97. The summed E-state index contributed by atoms with van der Waals surface area (Å²) in [6.45, 7) is 5.04. The zero-order valence-electron chi connectivity index (χ0n) is 16.4. The molecule has 2 aromatic rings. The van der Waals surface area contributed by atoms with Crippen molar-refractivity contribution < 1.29 is 9.59 Å². The van der Waals surface area contributed by atoms with Crippen molar-refractivity contribution in [2.45, 2.75) is 25.9 Å². The molecule has 1 heterocycles. The molecule has 144 valence electrons. The van der Waals surface area contributed by atoms with E-state index in [0.717, 1.165) is 11.1 Å². The second-order valence-electron chi connectivity index (χ2n) is 7.17. The summed E-state index contributed by atoms with van der Waals surface area (Å²) >= 11 is 0. The first kappa shape index (κ1) is 19.6. The van der Waals surface area contributed by atoms with Crippen molar-refractivity contribution in [3.63, 3.8) is 0 Å². The quantitative estimate of drug-likeness (QED) is 0.763. The maximum atomic E-state index is 12.6. The van der Waals surface area contributed by atoms with Crippen LogP contribution in [0, 0.1) is 0 Å². The Balaban J connectivity index is 1.61. The van der Waals surface area contributed by atoms with E-state index in [9.17, 15) is 9.59 Å². The van der Waals surface area contributed by atoms with E-state index >= 15 is 0 Å². The fourth-order valence-electron chi connectivity index (χ4n) is 3.40. The third-order valence-electron chi connectivity index (χ3n) is 4.99. The van der Waals surface area contributed by atoms with Gasteiger partial charge >= 0.3 is 0 Å². The summed E-state index contributed by atoms with van der Waals surface area (Å²) in [7, 11) is 0. The molecule has 1 saturated heterocycles. The first-order valence-corrected chi connectivity index (χ1v) is 9.62. The molecule has 0 unspecified atom stereocenters. The smallest absolute Gasteiger partial charge is 0.246 e. The summed E-state index contributed by atoms with van der Waals surface area (Å²) in [4.78, 5) is 29.0. The molecule has 4 nitrogen and oxygen atoms in total. The minimum Gasteiger partial charge on any atom is -0.333 e. The molecule has 1 fully saturated rings. The van der Waals surface area contributed by atoms with Gasteiger partial charge in [0, 0.05) is 37.3 Å². The fraction of sp³-hybridized carbons (Fsp3) is 0.250. The van der Waals surface area contributed by atoms with E-state index in [1.54, 1.807) is 12.2 Å². The highest BCUT2D eigenvalue weighted by Gasteiger charge is 2.32. The second-order valence-corrected chi connectivity index (χ2v) is 7.17. The van der Waals surface area contributed by atoms with Gasteiger partial charge in [-0.25, -0.2) is 0 Å². The van der Waals surface area contributed by atoms with Crippen molar-refractivity contribution in [1.82, 2.24) is 9.80 Å². The molecule has 0 aromatic heterocycles. The molecule has 0 N–H and O–H groups in total. The first-order chi connectivity index (χ1) is 13.5. The predicted molar refractivity (Wildman–Crippen MR) is 113 cm³/mol. The summed E-state index contributed by atoms with van der Waals surface area (Å²) in [5.41, 5.74) is 1.99. The second kappa shape index (κ2) is 9.18. The molecular weight excluding hydrogens is 348 g/mol. The zero-order chi connectivity index (χ0) is 19.9. The molecule has 4 heteroatoms. The standard InChI is InChI=1S/C24H26N2O2/c1-19-17-26(24(28)16-14-22-11-7-4-8-12-22)20(2)18-25(19)23(27)15-13-21-9-5-3-6-10-21/h3-16,19-20H,17-18H2,1-2H3/b15-13+,16-14+/t19-,20-/m1/s1. The van der Waals surface area contributed by atoms with Crippen molar-refractivity contribution in [3.8, 4) is 0 Å². The number of carbonyl (C=O) groups excluding carboxylic acids is 2. The molecule has 1 aliphatic heterocycles. The van der Waals surface area contributed by atoms with Crippen LogP contribution in [0.4, 0.5) is 0 Å². The predicted octanol–water partition coefficient (Wildman–Crippen LogP) is 3.86. The van der Waals surface area contributed by atoms with Crippen LogP contribution in [0.3, 0.4) is 0 Å². The Morgan fingerprint density at radius 2 is 1.07 bits per heavy atom. The van der Waals surface area contributed by atoms with E-state index in [4.69, 9.17) is 0 Å². The lowest BCUT2D eigenvalue weighted by Crippen LogP contribution is -2.59. The van der Waals surface area contributed by atoms with Gasteiger partial charge in [0.1, 0.15) is 0 Å². The molecule has 0 radical (unpaired) electrons. The van der Waals surface area contributed by atoms with E-state index in [0.29, 0.717) is 13.1 Å². The summed E-state index contributed by atoms with van der Waals surface area (Å²) < 4.78 is 0. The molecule has 2 atom stereocenters. The van der Waals surface area contributed by atoms with Crippen LogP contribution in [0.1, 0.15) is 25.0 Å². The number of rotatable bonds is 4. The van der Waals surface area contributed by atoms with Crippen LogP contribution in [0.5, 0.6) is 0 Å². The molecule has 3 rings (SSSR count). The SMILES string of the molecule is C[C@@H]1CN(C(=O)/C=C/c2ccccc2)[C@H](C)CN1C(=O)/C=C/c1ccccc1. The maximum Gasteiger partial charge on any atom is 0.246 e. The van der Waals surface area contributed by atoms with Crippen LogP contribution in [0.2, 0.25) is 0 Å². The van der Waals surface area contributed by atoms with Crippen molar-refractivity contribution >= 4 is 24.0 Å². The highest BCUT2D eigenvalue weighted by molar-refractivity contribution is 5.94. The van der Waals surface area contributed by atoms with Crippen LogP contribution in [-0.4, -0.2) is 46.8 Å². The lowest BCUT2D eigenvalue weighted by Gasteiger charge is -2.43. The van der Waals surface area contributed by atoms with Gasteiger partial charge < -0.3 is 9.80 Å².